The van der Waals surface area contributed by atoms with Crippen molar-refractivity contribution in [3.05, 3.63) is 0 Å². The summed E-state index contributed by atoms with van der Waals surface area (Å²) in [5.41, 5.74) is 0. The molecule has 0 spiro atoms. The van der Waals surface area contributed by atoms with E-state index in [1.54, 1.807) is 6.69 Å². The highest BCUT2D eigenvalue weighted by Gasteiger charge is 2.05. The summed E-state index contributed by atoms with van der Waals surface area (Å²) in [5.74, 6) is 0.598. The fraction of sp³-hybridized carbons (Fsp3) is 1.00. The topological polar surface area (TPSA) is 12.0 Å². The Morgan fingerprint density at radius 2 is 2.08 bits per heavy atom. The summed E-state index contributed by atoms with van der Waals surface area (Å²) < 4.78 is 0. The van der Waals surface area contributed by atoms with Crippen molar-refractivity contribution in [3.8, 4) is 0 Å². The molecule has 3 heteroatoms. The summed E-state index contributed by atoms with van der Waals surface area (Å²) in [5, 5.41) is 3.39. The summed E-state index contributed by atoms with van der Waals surface area (Å²) in [6.07, 6.45) is 3.59. The lowest BCUT2D eigenvalue weighted by molar-refractivity contribution is 0.546. The van der Waals surface area contributed by atoms with Gasteiger partial charge in [-0.05, 0) is 13.0 Å². The van der Waals surface area contributed by atoms with Crippen LogP contribution in [0.1, 0.15) is 40.0 Å². The molecule has 0 saturated carbocycles. The minimum atomic E-state index is 0.598. The molecule has 0 fully saturated rings. The standard InChI is InChI=1S/C9H20BClN/c1-4-9(10-11)6-5-7-12-8(2)3/h8-9,12H,4-7H2,1-3H3. The number of hydrogen-bond acceptors (Lipinski definition) is 1. The third-order valence-electron chi connectivity index (χ3n) is 2.01. The van der Waals surface area contributed by atoms with Crippen LogP contribution >= 0.6 is 11.5 Å². The molecule has 0 bridgehead atoms. The van der Waals surface area contributed by atoms with E-state index in [1.165, 1.54) is 12.8 Å². The molecule has 0 aromatic carbocycles. The minimum Gasteiger partial charge on any atom is -0.315 e. The molecule has 0 saturated heterocycles. The van der Waals surface area contributed by atoms with Crippen LogP contribution in [0.5, 0.6) is 0 Å². The van der Waals surface area contributed by atoms with Crippen LogP contribution in [-0.2, 0) is 0 Å². The Kier molecular flexibility index (Phi) is 8.15. The van der Waals surface area contributed by atoms with Crippen molar-refractivity contribution in [2.45, 2.75) is 51.9 Å². The average Bonchev–Trinajstić information content (AvgIpc) is 2.04. The Morgan fingerprint density at radius 3 is 2.50 bits per heavy atom. The van der Waals surface area contributed by atoms with Crippen molar-refractivity contribution < 1.29 is 0 Å². The largest absolute Gasteiger partial charge is 0.315 e. The second kappa shape index (κ2) is 7.94. The average molecular weight is 189 g/mol. The van der Waals surface area contributed by atoms with E-state index in [2.05, 4.69) is 26.1 Å². The number of halogens is 1. The molecular formula is C9H20BClN. The van der Waals surface area contributed by atoms with Crippen molar-refractivity contribution in [3.63, 3.8) is 0 Å². The maximum Gasteiger partial charge on any atom is 0.241 e. The zero-order valence-electron chi connectivity index (χ0n) is 8.44. The summed E-state index contributed by atoms with van der Waals surface area (Å²) in [7, 11) is 0. The lowest BCUT2D eigenvalue weighted by Crippen LogP contribution is -2.23. The molecule has 0 aromatic rings. The van der Waals surface area contributed by atoms with Crippen LogP contribution < -0.4 is 5.32 Å². The highest BCUT2D eigenvalue weighted by molar-refractivity contribution is 6.94. The zero-order chi connectivity index (χ0) is 9.40. The van der Waals surface area contributed by atoms with Crippen LogP contribution in [0.2, 0.25) is 5.82 Å². The van der Waals surface area contributed by atoms with Crippen molar-refractivity contribution in [1.29, 1.82) is 0 Å². The van der Waals surface area contributed by atoms with Gasteiger partial charge < -0.3 is 5.32 Å². The molecule has 0 rings (SSSR count). The van der Waals surface area contributed by atoms with E-state index in [0.29, 0.717) is 11.9 Å². The molecule has 0 aliphatic rings. The summed E-state index contributed by atoms with van der Waals surface area (Å²) in [6, 6.07) is 0.602. The monoisotopic (exact) mass is 188 g/mol. The van der Waals surface area contributed by atoms with E-state index in [9.17, 15) is 0 Å². The zero-order valence-corrected chi connectivity index (χ0v) is 9.19. The van der Waals surface area contributed by atoms with E-state index in [-0.39, 0.29) is 0 Å². The molecule has 0 aliphatic carbocycles. The Morgan fingerprint density at radius 1 is 1.42 bits per heavy atom. The van der Waals surface area contributed by atoms with Crippen molar-refractivity contribution in [2.24, 2.45) is 0 Å². The Bertz CT molecular complexity index is 94.5. The summed E-state index contributed by atoms with van der Waals surface area (Å²) in [4.78, 5) is 0. The van der Waals surface area contributed by atoms with E-state index >= 15 is 0 Å². The van der Waals surface area contributed by atoms with Crippen LogP contribution in [0, 0.1) is 0 Å². The summed E-state index contributed by atoms with van der Waals surface area (Å²) in [6.45, 7) is 9.43. The lowest BCUT2D eigenvalue weighted by Gasteiger charge is -2.11. The molecule has 1 N–H and O–H groups in total. The van der Waals surface area contributed by atoms with E-state index in [4.69, 9.17) is 11.5 Å². The maximum atomic E-state index is 5.66. The van der Waals surface area contributed by atoms with Gasteiger partial charge in [0, 0.05) is 6.04 Å². The quantitative estimate of drug-likeness (QED) is 0.479. The smallest absolute Gasteiger partial charge is 0.241 e. The first kappa shape index (κ1) is 12.3. The van der Waals surface area contributed by atoms with Crippen LogP contribution in [0.4, 0.5) is 0 Å². The highest BCUT2D eigenvalue weighted by atomic mass is 35.5. The number of nitrogens with one attached hydrogen (secondary N) is 1. The highest BCUT2D eigenvalue weighted by Crippen LogP contribution is 2.16. The third kappa shape index (κ3) is 6.99. The second-order valence-corrected chi connectivity index (χ2v) is 3.80. The lowest BCUT2D eigenvalue weighted by atomic mass is 9.80. The molecule has 1 atom stereocenters. The molecule has 1 radical (unpaired) electrons. The summed E-state index contributed by atoms with van der Waals surface area (Å²) >= 11 is 5.66. The van der Waals surface area contributed by atoms with Gasteiger partial charge in [-0.3, -0.25) is 0 Å². The van der Waals surface area contributed by atoms with Gasteiger partial charge in [0.15, 0.2) is 0 Å². The fourth-order valence-electron chi connectivity index (χ4n) is 1.11. The number of rotatable bonds is 7. The molecular weight excluding hydrogens is 168 g/mol. The Hall–Kier alpha value is 0.315. The molecule has 0 amide bonds. The molecule has 0 heterocycles. The van der Waals surface area contributed by atoms with Gasteiger partial charge in [0.05, 0.1) is 0 Å². The predicted octanol–water partition coefficient (Wildman–Crippen LogP) is 2.82. The van der Waals surface area contributed by atoms with Gasteiger partial charge in [0.1, 0.15) is 0 Å². The van der Waals surface area contributed by atoms with Crippen LogP contribution in [-0.4, -0.2) is 19.3 Å². The van der Waals surface area contributed by atoms with E-state index in [1.807, 2.05) is 0 Å². The Balaban J connectivity index is 3.17. The van der Waals surface area contributed by atoms with E-state index < -0.39 is 0 Å². The molecule has 0 aromatic heterocycles. The molecule has 1 unspecified atom stereocenters. The fourth-order valence-corrected chi connectivity index (χ4v) is 1.42. The van der Waals surface area contributed by atoms with E-state index in [0.717, 1.165) is 13.0 Å². The van der Waals surface area contributed by atoms with Crippen LogP contribution in [0.3, 0.4) is 0 Å². The van der Waals surface area contributed by atoms with Gasteiger partial charge in [0.25, 0.3) is 0 Å². The van der Waals surface area contributed by atoms with Crippen LogP contribution in [0.15, 0.2) is 0 Å². The molecule has 12 heavy (non-hydrogen) atoms. The minimum absolute atomic E-state index is 0.598. The number of hydrogen-bond donors (Lipinski definition) is 1. The first-order valence-electron chi connectivity index (χ1n) is 4.87. The molecule has 0 aliphatic heterocycles. The Labute approximate surface area is 82.4 Å². The van der Waals surface area contributed by atoms with Crippen molar-refractivity contribution in [1.82, 2.24) is 5.32 Å². The van der Waals surface area contributed by atoms with Crippen LogP contribution in [0.25, 0.3) is 0 Å². The second-order valence-electron chi connectivity index (χ2n) is 3.55. The van der Waals surface area contributed by atoms with Crippen molar-refractivity contribution >= 4 is 18.2 Å². The van der Waals surface area contributed by atoms with Gasteiger partial charge in [-0.2, -0.15) is 0 Å². The molecule has 71 valence electrons. The maximum absolute atomic E-state index is 5.66. The normalized spacial score (nSPS) is 13.4. The van der Waals surface area contributed by atoms with Gasteiger partial charge in [-0.25, -0.2) is 11.5 Å². The SMILES string of the molecule is CCC([B]Cl)CCCNC(C)C. The first-order chi connectivity index (χ1) is 5.70. The van der Waals surface area contributed by atoms with Gasteiger partial charge in [-0.1, -0.05) is 39.4 Å². The third-order valence-corrected chi connectivity index (χ3v) is 2.36. The first-order valence-corrected chi connectivity index (χ1v) is 5.31. The van der Waals surface area contributed by atoms with Crippen molar-refractivity contribution in [2.75, 3.05) is 6.54 Å². The van der Waals surface area contributed by atoms with Gasteiger partial charge in [0.2, 0.25) is 6.69 Å². The van der Waals surface area contributed by atoms with Gasteiger partial charge >= 0.3 is 0 Å². The predicted molar refractivity (Wildman–Crippen MR) is 58.0 cm³/mol. The molecule has 1 nitrogen and oxygen atoms in total. The van der Waals surface area contributed by atoms with Gasteiger partial charge in [-0.15, -0.1) is 0 Å².